The predicted octanol–water partition coefficient (Wildman–Crippen LogP) is 1.05. The number of carbonyl (C=O) groups is 1. The van der Waals surface area contributed by atoms with Crippen molar-refractivity contribution in [3.8, 4) is 0 Å². The van der Waals surface area contributed by atoms with Crippen molar-refractivity contribution in [3.05, 3.63) is 0 Å². The van der Waals surface area contributed by atoms with Crippen LogP contribution in [0.2, 0.25) is 0 Å². The molecule has 0 aliphatic carbocycles. The Labute approximate surface area is 110 Å². The van der Waals surface area contributed by atoms with Crippen LogP contribution in [0.15, 0.2) is 0 Å². The van der Waals surface area contributed by atoms with E-state index in [0.29, 0.717) is 19.8 Å². The van der Waals surface area contributed by atoms with Crippen LogP contribution in [0.5, 0.6) is 0 Å². The zero-order chi connectivity index (χ0) is 13.8. The standard InChI is InChI=1S/C13H27NO4/c1-4-6-8-18-11-12(15)9-14(7-5-2)10-13(16)17-3/h12,15H,4-11H2,1-3H3. The van der Waals surface area contributed by atoms with E-state index in [1.165, 1.54) is 7.11 Å². The van der Waals surface area contributed by atoms with E-state index in [1.807, 2.05) is 11.8 Å². The molecule has 5 nitrogen and oxygen atoms in total. The quantitative estimate of drug-likeness (QED) is 0.445. The third-order valence-electron chi connectivity index (χ3n) is 2.54. The molecule has 0 amide bonds. The highest BCUT2D eigenvalue weighted by atomic mass is 16.5. The molecule has 0 aromatic rings. The van der Waals surface area contributed by atoms with E-state index in [-0.39, 0.29) is 12.5 Å². The van der Waals surface area contributed by atoms with E-state index < -0.39 is 6.10 Å². The molecule has 0 aromatic heterocycles. The fourth-order valence-corrected chi connectivity index (χ4v) is 1.61. The predicted molar refractivity (Wildman–Crippen MR) is 70.5 cm³/mol. The maximum atomic E-state index is 11.2. The number of esters is 1. The first kappa shape index (κ1) is 17.4. The summed E-state index contributed by atoms with van der Waals surface area (Å²) in [5.74, 6) is -0.275. The van der Waals surface area contributed by atoms with Crippen molar-refractivity contribution in [3.63, 3.8) is 0 Å². The van der Waals surface area contributed by atoms with Crippen LogP contribution in [0, 0.1) is 0 Å². The van der Waals surface area contributed by atoms with E-state index in [9.17, 15) is 9.90 Å². The van der Waals surface area contributed by atoms with Gasteiger partial charge in [-0.05, 0) is 19.4 Å². The van der Waals surface area contributed by atoms with Crippen molar-refractivity contribution >= 4 is 5.97 Å². The second kappa shape index (κ2) is 11.4. The fourth-order valence-electron chi connectivity index (χ4n) is 1.61. The van der Waals surface area contributed by atoms with Crippen LogP contribution < -0.4 is 0 Å². The number of ether oxygens (including phenoxy) is 2. The maximum absolute atomic E-state index is 11.2. The van der Waals surface area contributed by atoms with E-state index in [0.717, 1.165) is 25.8 Å². The van der Waals surface area contributed by atoms with Crippen molar-refractivity contribution in [2.24, 2.45) is 0 Å². The van der Waals surface area contributed by atoms with Crippen LogP contribution in [-0.2, 0) is 14.3 Å². The Balaban J connectivity index is 3.87. The summed E-state index contributed by atoms with van der Waals surface area (Å²) in [6.07, 6.45) is 2.46. The average Bonchev–Trinajstić information content (AvgIpc) is 2.34. The Kier molecular flexibility index (Phi) is 11.0. The molecule has 1 N–H and O–H groups in total. The Hall–Kier alpha value is -0.650. The molecule has 0 saturated carbocycles. The summed E-state index contributed by atoms with van der Waals surface area (Å²) >= 11 is 0. The highest BCUT2D eigenvalue weighted by Gasteiger charge is 2.14. The van der Waals surface area contributed by atoms with Crippen molar-refractivity contribution in [2.45, 2.75) is 39.2 Å². The lowest BCUT2D eigenvalue weighted by atomic mass is 10.3. The van der Waals surface area contributed by atoms with E-state index in [2.05, 4.69) is 11.7 Å². The number of nitrogens with zero attached hydrogens (tertiary/aromatic N) is 1. The van der Waals surface area contributed by atoms with E-state index >= 15 is 0 Å². The molecule has 1 atom stereocenters. The molecule has 0 bridgehead atoms. The van der Waals surface area contributed by atoms with Gasteiger partial charge in [-0.3, -0.25) is 9.69 Å². The van der Waals surface area contributed by atoms with E-state index in [4.69, 9.17) is 4.74 Å². The minimum atomic E-state index is -0.557. The van der Waals surface area contributed by atoms with Gasteiger partial charge in [0.2, 0.25) is 0 Å². The molecule has 108 valence electrons. The van der Waals surface area contributed by atoms with Crippen LogP contribution in [0.1, 0.15) is 33.1 Å². The first-order chi connectivity index (χ1) is 8.63. The number of aliphatic hydroxyl groups excluding tert-OH is 1. The maximum Gasteiger partial charge on any atom is 0.319 e. The largest absolute Gasteiger partial charge is 0.468 e. The summed E-state index contributed by atoms with van der Waals surface area (Å²) in [6.45, 7) is 6.56. The smallest absolute Gasteiger partial charge is 0.319 e. The van der Waals surface area contributed by atoms with Crippen molar-refractivity contribution in [2.75, 3.05) is 40.0 Å². The van der Waals surface area contributed by atoms with Gasteiger partial charge < -0.3 is 14.6 Å². The Morgan fingerprint density at radius 2 is 2.06 bits per heavy atom. The molecular formula is C13H27NO4. The number of hydrogen-bond donors (Lipinski definition) is 1. The number of rotatable bonds is 11. The molecule has 0 rings (SSSR count). The summed E-state index contributed by atoms with van der Waals surface area (Å²) in [4.78, 5) is 13.1. The molecule has 0 fully saturated rings. The lowest BCUT2D eigenvalue weighted by Gasteiger charge is -2.23. The molecule has 0 saturated heterocycles. The van der Waals surface area contributed by atoms with Gasteiger partial charge in [0.05, 0.1) is 26.4 Å². The minimum absolute atomic E-state index is 0.219. The second-order valence-corrected chi connectivity index (χ2v) is 4.39. The third-order valence-corrected chi connectivity index (χ3v) is 2.54. The van der Waals surface area contributed by atoms with Crippen molar-refractivity contribution < 1.29 is 19.4 Å². The van der Waals surface area contributed by atoms with Gasteiger partial charge in [0.1, 0.15) is 0 Å². The zero-order valence-electron chi connectivity index (χ0n) is 11.9. The highest BCUT2D eigenvalue weighted by Crippen LogP contribution is 1.98. The molecular weight excluding hydrogens is 234 g/mol. The first-order valence-corrected chi connectivity index (χ1v) is 6.68. The number of aliphatic hydroxyl groups is 1. The SMILES string of the molecule is CCCCOCC(O)CN(CCC)CC(=O)OC. The van der Waals surface area contributed by atoms with Gasteiger partial charge in [-0.25, -0.2) is 0 Å². The lowest BCUT2D eigenvalue weighted by molar-refractivity contribution is -0.142. The summed E-state index contributed by atoms with van der Waals surface area (Å²) in [6, 6.07) is 0. The van der Waals surface area contributed by atoms with E-state index in [1.54, 1.807) is 0 Å². The van der Waals surface area contributed by atoms with Gasteiger partial charge in [0.15, 0.2) is 0 Å². The van der Waals surface area contributed by atoms with Crippen LogP contribution in [0.3, 0.4) is 0 Å². The molecule has 0 spiro atoms. The number of methoxy groups -OCH3 is 1. The number of carbonyl (C=O) groups excluding carboxylic acids is 1. The fraction of sp³-hybridized carbons (Fsp3) is 0.923. The third kappa shape index (κ3) is 9.39. The Morgan fingerprint density at radius 1 is 1.33 bits per heavy atom. The van der Waals surface area contributed by atoms with Gasteiger partial charge in [-0.1, -0.05) is 20.3 Å². The van der Waals surface area contributed by atoms with Crippen molar-refractivity contribution in [1.29, 1.82) is 0 Å². The molecule has 18 heavy (non-hydrogen) atoms. The number of hydrogen-bond acceptors (Lipinski definition) is 5. The minimum Gasteiger partial charge on any atom is -0.468 e. The molecule has 1 unspecified atom stereocenters. The first-order valence-electron chi connectivity index (χ1n) is 6.68. The molecule has 0 aromatic carbocycles. The summed E-state index contributed by atoms with van der Waals surface area (Å²) in [5, 5.41) is 9.81. The molecule has 0 aliphatic heterocycles. The summed E-state index contributed by atoms with van der Waals surface area (Å²) in [5.41, 5.74) is 0. The van der Waals surface area contributed by atoms with Crippen LogP contribution >= 0.6 is 0 Å². The average molecular weight is 261 g/mol. The second-order valence-electron chi connectivity index (χ2n) is 4.39. The zero-order valence-corrected chi connectivity index (χ0v) is 11.9. The molecule has 0 aliphatic rings. The van der Waals surface area contributed by atoms with Gasteiger partial charge in [0, 0.05) is 13.2 Å². The van der Waals surface area contributed by atoms with Crippen LogP contribution in [0.25, 0.3) is 0 Å². The van der Waals surface area contributed by atoms with Gasteiger partial charge in [-0.15, -0.1) is 0 Å². The van der Waals surface area contributed by atoms with Gasteiger partial charge in [0.25, 0.3) is 0 Å². The highest BCUT2D eigenvalue weighted by molar-refractivity contribution is 5.71. The normalized spacial score (nSPS) is 12.7. The van der Waals surface area contributed by atoms with Crippen LogP contribution in [-0.4, -0.2) is 62.0 Å². The Bertz CT molecular complexity index is 211. The van der Waals surface area contributed by atoms with Gasteiger partial charge in [-0.2, -0.15) is 0 Å². The number of unbranched alkanes of at least 4 members (excludes halogenated alkanes) is 1. The summed E-state index contributed by atoms with van der Waals surface area (Å²) in [7, 11) is 1.37. The molecule has 5 heteroatoms. The lowest BCUT2D eigenvalue weighted by Crippen LogP contribution is -2.39. The van der Waals surface area contributed by atoms with Crippen molar-refractivity contribution in [1.82, 2.24) is 4.90 Å². The van der Waals surface area contributed by atoms with Crippen LogP contribution in [0.4, 0.5) is 0 Å². The topological polar surface area (TPSA) is 59.0 Å². The monoisotopic (exact) mass is 261 g/mol. The van der Waals surface area contributed by atoms with Gasteiger partial charge >= 0.3 is 5.97 Å². The summed E-state index contributed by atoms with van der Waals surface area (Å²) < 4.78 is 9.98. The molecule has 0 heterocycles. The molecule has 0 radical (unpaired) electrons. The Morgan fingerprint density at radius 3 is 2.61 bits per heavy atom.